The molecule has 3 aromatic rings. The van der Waals surface area contributed by atoms with Gasteiger partial charge < -0.3 is 35.9 Å². The van der Waals surface area contributed by atoms with E-state index in [2.05, 4.69) is 30.0 Å². The summed E-state index contributed by atoms with van der Waals surface area (Å²) in [7, 11) is -2.63. The van der Waals surface area contributed by atoms with E-state index in [1.54, 1.807) is 26.1 Å². The molecular weight excluding hydrogens is 650 g/mol. The Bertz CT molecular complexity index is 1720. The van der Waals surface area contributed by atoms with Crippen molar-refractivity contribution in [1.29, 1.82) is 0 Å². The second-order valence-electron chi connectivity index (χ2n) is 10.2. The van der Waals surface area contributed by atoms with E-state index >= 15 is 0 Å². The van der Waals surface area contributed by atoms with E-state index in [1.807, 2.05) is 4.90 Å². The minimum atomic E-state index is -4.42. The average molecular weight is 690 g/mol. The Labute approximate surface area is 277 Å². The number of nitrogens with zero attached hydrogens (tertiary/aromatic N) is 5. The van der Waals surface area contributed by atoms with Gasteiger partial charge in [-0.2, -0.15) is 9.97 Å². The van der Waals surface area contributed by atoms with Gasteiger partial charge in [0.1, 0.15) is 12.1 Å². The van der Waals surface area contributed by atoms with E-state index in [1.165, 1.54) is 32.2 Å². The Kier molecular flexibility index (Phi) is 13.3. The van der Waals surface area contributed by atoms with Gasteiger partial charge in [0.05, 0.1) is 44.0 Å². The van der Waals surface area contributed by atoms with Gasteiger partial charge in [0, 0.05) is 24.7 Å². The SMILES string of the molecule is CCOC(=O)CCC(NS(=O)(=O)CC(NC(=O)c1ccc(N(C)Cc2cnc3nc(N)nc(N)c3n2)cc1)C(=O)OCC)C(=O)OCC. The number of esters is 3. The number of nitrogens with two attached hydrogens (primary N) is 2. The molecule has 2 atom stereocenters. The molecule has 2 heterocycles. The van der Waals surface area contributed by atoms with Crippen molar-refractivity contribution in [3.05, 3.63) is 41.7 Å². The van der Waals surface area contributed by atoms with E-state index in [9.17, 15) is 27.6 Å². The van der Waals surface area contributed by atoms with Crippen molar-refractivity contribution in [1.82, 2.24) is 30.0 Å². The van der Waals surface area contributed by atoms with Crippen LogP contribution in [0, 0.1) is 0 Å². The first-order valence-electron chi connectivity index (χ1n) is 14.9. The lowest BCUT2D eigenvalue weighted by atomic mass is 10.1. The molecule has 18 nitrogen and oxygen atoms in total. The summed E-state index contributed by atoms with van der Waals surface area (Å²) in [6.45, 7) is 4.96. The Morgan fingerprint density at radius 2 is 1.52 bits per heavy atom. The number of sulfonamides is 1. The van der Waals surface area contributed by atoms with Crippen LogP contribution in [0.4, 0.5) is 17.5 Å². The van der Waals surface area contributed by atoms with Gasteiger partial charge in [0.2, 0.25) is 16.0 Å². The monoisotopic (exact) mass is 689 g/mol. The molecule has 0 saturated carbocycles. The topological polar surface area (TPSA) is 261 Å². The Balaban J connectivity index is 1.71. The summed E-state index contributed by atoms with van der Waals surface area (Å²) >= 11 is 0. The molecule has 1 aromatic carbocycles. The minimum absolute atomic E-state index is 0.0133. The number of carbonyl (C=O) groups excluding carboxylic acids is 4. The minimum Gasteiger partial charge on any atom is -0.466 e. The molecule has 2 aromatic heterocycles. The van der Waals surface area contributed by atoms with Crippen LogP contribution in [0.15, 0.2) is 30.5 Å². The van der Waals surface area contributed by atoms with Crippen molar-refractivity contribution >= 4 is 62.5 Å². The Morgan fingerprint density at radius 1 is 0.896 bits per heavy atom. The lowest BCUT2D eigenvalue weighted by molar-refractivity contribution is -0.147. The molecule has 6 N–H and O–H groups in total. The first-order valence-corrected chi connectivity index (χ1v) is 16.6. The van der Waals surface area contributed by atoms with Gasteiger partial charge >= 0.3 is 17.9 Å². The fourth-order valence-corrected chi connectivity index (χ4v) is 5.76. The zero-order valence-electron chi connectivity index (χ0n) is 27.0. The van der Waals surface area contributed by atoms with Crippen molar-refractivity contribution in [3.8, 4) is 0 Å². The van der Waals surface area contributed by atoms with Gasteiger partial charge in [0.15, 0.2) is 17.0 Å². The number of hydrogen-bond donors (Lipinski definition) is 4. The van der Waals surface area contributed by atoms with Crippen molar-refractivity contribution in [3.63, 3.8) is 0 Å². The van der Waals surface area contributed by atoms with Crippen LogP contribution in [-0.4, -0.2) is 96.9 Å². The second kappa shape index (κ2) is 17.1. The van der Waals surface area contributed by atoms with Crippen molar-refractivity contribution in [2.24, 2.45) is 0 Å². The van der Waals surface area contributed by atoms with E-state index in [-0.39, 0.29) is 55.6 Å². The lowest BCUT2D eigenvalue weighted by Crippen LogP contribution is -2.51. The van der Waals surface area contributed by atoms with Gasteiger partial charge in [-0.05, 0) is 51.5 Å². The second-order valence-corrected chi connectivity index (χ2v) is 12.0. The maximum Gasteiger partial charge on any atom is 0.329 e. The van der Waals surface area contributed by atoms with E-state index in [0.29, 0.717) is 23.4 Å². The summed E-state index contributed by atoms with van der Waals surface area (Å²) in [6.07, 6.45) is 1.01. The molecular formula is C29H39N9O9S. The van der Waals surface area contributed by atoms with Crippen LogP contribution in [0.2, 0.25) is 0 Å². The number of rotatable bonds is 17. The van der Waals surface area contributed by atoms with Crippen molar-refractivity contribution < 1.29 is 41.8 Å². The maximum absolute atomic E-state index is 13.1. The molecule has 0 bridgehead atoms. The van der Waals surface area contributed by atoms with Gasteiger partial charge in [-0.3, -0.25) is 14.4 Å². The molecule has 0 aliphatic carbocycles. The van der Waals surface area contributed by atoms with E-state index in [4.69, 9.17) is 25.7 Å². The number of ether oxygens (including phenoxy) is 3. The van der Waals surface area contributed by atoms with Crippen LogP contribution in [0.25, 0.3) is 11.2 Å². The Hall–Kier alpha value is -5.17. The standard InChI is InChI=1S/C29H39N9O9S/c1-5-45-22(39)13-12-20(27(41)46-6-2)37-48(43,44)16-21(28(42)47-7-3)34-26(40)17-8-10-19(11-9-17)38(4)15-18-14-32-25-23(33-18)24(30)35-29(31)36-25/h8-11,14,20-21,37H,5-7,12-13,15-16H2,1-4H3,(H,34,40)(H4,30,31,32,35,36). The normalized spacial score (nSPS) is 12.5. The number of anilines is 3. The van der Waals surface area contributed by atoms with Crippen molar-refractivity contribution in [2.75, 3.05) is 49.0 Å². The summed E-state index contributed by atoms with van der Waals surface area (Å²) in [5.74, 6) is -4.17. The fourth-order valence-electron chi connectivity index (χ4n) is 4.36. The van der Waals surface area contributed by atoms with E-state index in [0.717, 1.165) is 0 Å². The summed E-state index contributed by atoms with van der Waals surface area (Å²) in [5, 5.41) is 2.40. The van der Waals surface area contributed by atoms with Crippen LogP contribution >= 0.6 is 0 Å². The highest BCUT2D eigenvalue weighted by molar-refractivity contribution is 7.89. The predicted octanol–water partition coefficient (Wildman–Crippen LogP) is 0.0765. The quantitative estimate of drug-likeness (QED) is 0.108. The third kappa shape index (κ3) is 10.7. The van der Waals surface area contributed by atoms with Crippen LogP contribution in [0.5, 0.6) is 0 Å². The molecule has 0 radical (unpaired) electrons. The highest BCUT2D eigenvalue weighted by Gasteiger charge is 2.33. The molecule has 1 amide bonds. The molecule has 0 fully saturated rings. The largest absolute Gasteiger partial charge is 0.466 e. The maximum atomic E-state index is 13.1. The molecule has 0 aliphatic rings. The molecule has 19 heteroatoms. The predicted molar refractivity (Wildman–Crippen MR) is 174 cm³/mol. The smallest absolute Gasteiger partial charge is 0.329 e. The summed E-state index contributed by atoms with van der Waals surface area (Å²) in [5.41, 5.74) is 13.5. The summed E-state index contributed by atoms with van der Waals surface area (Å²) in [4.78, 5) is 68.5. The average Bonchev–Trinajstić information content (AvgIpc) is 3.03. The van der Waals surface area contributed by atoms with Gasteiger partial charge in [-0.15, -0.1) is 0 Å². The number of benzene rings is 1. The van der Waals surface area contributed by atoms with Crippen molar-refractivity contribution in [2.45, 2.75) is 52.2 Å². The van der Waals surface area contributed by atoms with Crippen LogP contribution in [0.3, 0.4) is 0 Å². The molecule has 2 unspecified atom stereocenters. The first-order chi connectivity index (χ1) is 22.8. The summed E-state index contributed by atoms with van der Waals surface area (Å²) in [6, 6.07) is 3.20. The molecule has 48 heavy (non-hydrogen) atoms. The molecule has 260 valence electrons. The number of hydrogen-bond acceptors (Lipinski definition) is 16. The lowest BCUT2D eigenvalue weighted by Gasteiger charge is -2.21. The fraction of sp³-hybridized carbons (Fsp3) is 0.448. The van der Waals surface area contributed by atoms with E-state index < -0.39 is 51.7 Å². The third-order valence-electron chi connectivity index (χ3n) is 6.57. The number of aromatic nitrogens is 4. The zero-order valence-corrected chi connectivity index (χ0v) is 27.8. The Morgan fingerprint density at radius 3 is 2.15 bits per heavy atom. The molecule has 0 aliphatic heterocycles. The van der Waals surface area contributed by atoms with Crippen LogP contribution in [-0.2, 0) is 45.2 Å². The highest BCUT2D eigenvalue weighted by atomic mass is 32.2. The number of nitrogen functional groups attached to an aromatic ring is 2. The number of fused-ring (bicyclic) bond motifs is 1. The number of carbonyl (C=O) groups is 4. The van der Waals surface area contributed by atoms with Gasteiger partial charge in [-0.1, -0.05) is 0 Å². The molecule has 0 spiro atoms. The first kappa shape index (κ1) is 37.3. The highest BCUT2D eigenvalue weighted by Crippen LogP contribution is 2.19. The molecule has 3 rings (SSSR count). The van der Waals surface area contributed by atoms with Gasteiger partial charge in [-0.25, -0.2) is 27.9 Å². The molecule has 0 saturated heterocycles. The van der Waals surface area contributed by atoms with Gasteiger partial charge in [0.25, 0.3) is 5.91 Å². The zero-order chi connectivity index (χ0) is 35.4. The third-order valence-corrected chi connectivity index (χ3v) is 7.98. The number of nitrogens with one attached hydrogen (secondary N) is 2. The number of amides is 1. The van der Waals surface area contributed by atoms with Crippen LogP contribution < -0.4 is 26.4 Å². The summed E-state index contributed by atoms with van der Waals surface area (Å²) < 4.78 is 43.1. The van der Waals surface area contributed by atoms with Crippen LogP contribution in [0.1, 0.15) is 49.7 Å².